The average molecular weight is 969 g/mol. The van der Waals surface area contributed by atoms with Crippen LogP contribution in [-0.4, -0.2) is 109 Å². The molecule has 3 amide bonds. The number of hydrogen-bond acceptors (Lipinski definition) is 15. The lowest BCUT2D eigenvalue weighted by molar-refractivity contribution is -0.143. The summed E-state index contributed by atoms with van der Waals surface area (Å²) in [6.45, 7) is 7.36. The van der Waals surface area contributed by atoms with Crippen LogP contribution in [0.4, 0.5) is 0 Å². The number of nitrogens with one attached hydrogen (secondary N) is 1. The van der Waals surface area contributed by atoms with Crippen molar-refractivity contribution in [3.63, 3.8) is 0 Å². The SMILES string of the molecule is Cc1ncsc1-c1ccc(CNC(=O)[C@@H]2C[C@@H](O)CN2C(=O)C(C(C)C)N2Cc3ccccc3C2=O)c(OCCOCCOc2ccc(COc3ccc4oc(-c5ccc(=O)n(C)n5)nc4c3)nc2)c1. The fourth-order valence-electron chi connectivity index (χ4n) is 8.60. The lowest BCUT2D eigenvalue weighted by Gasteiger charge is -2.35. The normalized spacial score (nSPS) is 15.9. The van der Waals surface area contributed by atoms with Gasteiger partial charge in [0.15, 0.2) is 5.58 Å². The number of likely N-dealkylation sites (tertiary alicyclic amines) is 1. The van der Waals surface area contributed by atoms with Crippen molar-refractivity contribution in [2.75, 3.05) is 33.0 Å². The van der Waals surface area contributed by atoms with E-state index in [1.807, 2.05) is 63.2 Å². The van der Waals surface area contributed by atoms with Gasteiger partial charge in [0.2, 0.25) is 17.7 Å². The number of β-amino-alcohol motifs (C(OH)–C–C–N with tert-alkyl or cyclic N) is 1. The van der Waals surface area contributed by atoms with E-state index in [0.29, 0.717) is 69.9 Å². The van der Waals surface area contributed by atoms with Gasteiger partial charge >= 0.3 is 0 Å². The molecule has 4 aromatic heterocycles. The molecule has 1 saturated heterocycles. The molecule has 1 fully saturated rings. The van der Waals surface area contributed by atoms with Gasteiger partial charge < -0.3 is 43.6 Å². The first-order valence-electron chi connectivity index (χ1n) is 22.9. The monoisotopic (exact) mass is 968 g/mol. The summed E-state index contributed by atoms with van der Waals surface area (Å²) in [6.07, 6.45) is 0.808. The van der Waals surface area contributed by atoms with Crippen molar-refractivity contribution >= 4 is 40.2 Å². The van der Waals surface area contributed by atoms with Crippen LogP contribution < -0.4 is 25.1 Å². The van der Waals surface area contributed by atoms with Gasteiger partial charge in [-0.1, -0.05) is 44.2 Å². The van der Waals surface area contributed by atoms with Gasteiger partial charge in [-0.05, 0) is 66.4 Å². The van der Waals surface area contributed by atoms with Crippen LogP contribution in [-0.2, 0) is 41.1 Å². The quantitative estimate of drug-likeness (QED) is 0.0928. The van der Waals surface area contributed by atoms with Gasteiger partial charge in [-0.3, -0.25) is 24.2 Å². The van der Waals surface area contributed by atoms with Crippen molar-refractivity contribution in [2.45, 2.75) is 65.1 Å². The number of aliphatic hydroxyl groups excluding tert-OH is 1. The maximum Gasteiger partial charge on any atom is 0.266 e. The van der Waals surface area contributed by atoms with Gasteiger partial charge in [-0.2, -0.15) is 5.10 Å². The van der Waals surface area contributed by atoms with Crippen LogP contribution in [0.25, 0.3) is 33.1 Å². The summed E-state index contributed by atoms with van der Waals surface area (Å²) in [5, 5.41) is 17.9. The van der Waals surface area contributed by atoms with Gasteiger partial charge in [-0.15, -0.1) is 11.3 Å². The minimum atomic E-state index is -0.922. The maximum absolute atomic E-state index is 14.2. The van der Waals surface area contributed by atoms with E-state index in [1.165, 1.54) is 27.0 Å². The lowest BCUT2D eigenvalue weighted by Crippen LogP contribution is -2.55. The number of carbonyl (C=O) groups is 3. The molecule has 9 rings (SSSR count). The Morgan fingerprint density at radius 2 is 1.74 bits per heavy atom. The second-order valence-corrected chi connectivity index (χ2v) is 18.2. The molecule has 6 heterocycles. The van der Waals surface area contributed by atoms with Gasteiger partial charge in [0.25, 0.3) is 11.5 Å². The van der Waals surface area contributed by atoms with E-state index in [4.69, 9.17) is 23.4 Å². The molecule has 0 radical (unpaired) electrons. The highest BCUT2D eigenvalue weighted by Crippen LogP contribution is 2.34. The number of aryl methyl sites for hydroxylation is 2. The number of thiazole rings is 1. The molecule has 18 nitrogen and oxygen atoms in total. The van der Waals surface area contributed by atoms with Gasteiger partial charge in [0.05, 0.1) is 47.3 Å². The second kappa shape index (κ2) is 21.0. The van der Waals surface area contributed by atoms with Crippen molar-refractivity contribution in [2.24, 2.45) is 13.0 Å². The molecular weight excluding hydrogens is 917 g/mol. The number of ether oxygens (including phenoxy) is 4. The first kappa shape index (κ1) is 47.6. The van der Waals surface area contributed by atoms with Crippen LogP contribution in [0.3, 0.4) is 0 Å². The Labute approximate surface area is 406 Å². The standard InChI is InChI=1S/C51H52N8O10S/c1-30(2)46(59-26-34-7-5-6-8-39(34)50(59)63)51(64)58-27-36(60)22-42(58)48(62)53-24-33-10-9-32(47-31(3)54-29-70-47)21-44(33)67-20-18-65-17-19-66-38-12-11-35(52-25-38)28-68-37-13-15-43-41(23-37)55-49(69-43)40-14-16-45(61)57(4)56-40/h5-16,21,23,25,29-30,36,42,46,60H,17-20,22,24,26-28H2,1-4H3,(H,53,62)/t36-,42+,46?/m1/s1. The first-order chi connectivity index (χ1) is 33.9. The minimum absolute atomic E-state index is 0.00976. The highest BCUT2D eigenvalue weighted by molar-refractivity contribution is 7.13. The van der Waals surface area contributed by atoms with Crippen LogP contribution in [0.15, 0.2) is 106 Å². The third-order valence-electron chi connectivity index (χ3n) is 12.2. The first-order valence-corrected chi connectivity index (χ1v) is 23.8. The number of hydrogen-bond donors (Lipinski definition) is 2. The van der Waals surface area contributed by atoms with E-state index >= 15 is 0 Å². The van der Waals surface area contributed by atoms with E-state index in [1.54, 1.807) is 60.1 Å². The van der Waals surface area contributed by atoms with Crippen LogP contribution in [0.5, 0.6) is 17.2 Å². The predicted octanol–water partition coefficient (Wildman–Crippen LogP) is 5.73. The fraction of sp³-hybridized carbons (Fsp3) is 0.333. The number of nitrogens with zero attached hydrogens (tertiary/aromatic N) is 7. The fourth-order valence-corrected chi connectivity index (χ4v) is 9.41. The second-order valence-electron chi connectivity index (χ2n) is 17.4. The molecule has 0 spiro atoms. The molecule has 0 bridgehead atoms. The number of aromatic nitrogens is 5. The molecule has 2 aliphatic rings. The Morgan fingerprint density at radius 1 is 0.929 bits per heavy atom. The highest BCUT2D eigenvalue weighted by atomic mass is 32.1. The molecule has 7 aromatic rings. The average Bonchev–Trinajstić information content (AvgIpc) is 4.16. The Kier molecular flexibility index (Phi) is 14.3. The van der Waals surface area contributed by atoms with E-state index < -0.39 is 24.1 Å². The van der Waals surface area contributed by atoms with Crippen LogP contribution in [0.1, 0.15) is 53.1 Å². The molecule has 0 saturated carbocycles. The number of aliphatic hydroxyl groups is 1. The zero-order chi connectivity index (χ0) is 48.9. The molecule has 2 N–H and O–H groups in total. The maximum atomic E-state index is 14.2. The minimum Gasteiger partial charge on any atom is -0.491 e. The van der Waals surface area contributed by atoms with E-state index in [9.17, 15) is 24.3 Å². The van der Waals surface area contributed by atoms with Crippen molar-refractivity contribution in [1.82, 2.24) is 39.8 Å². The predicted molar refractivity (Wildman–Crippen MR) is 258 cm³/mol. The third kappa shape index (κ3) is 10.6. The van der Waals surface area contributed by atoms with E-state index in [0.717, 1.165) is 21.7 Å². The summed E-state index contributed by atoms with van der Waals surface area (Å²) < 4.78 is 31.0. The van der Waals surface area contributed by atoms with Crippen LogP contribution >= 0.6 is 11.3 Å². The summed E-state index contributed by atoms with van der Waals surface area (Å²) in [5.41, 5.74) is 7.78. The molecular formula is C51H52N8O10S. The van der Waals surface area contributed by atoms with Crippen molar-refractivity contribution in [1.29, 1.82) is 0 Å². The molecule has 3 aromatic carbocycles. The number of pyridine rings is 1. The van der Waals surface area contributed by atoms with Crippen molar-refractivity contribution in [3.8, 4) is 39.3 Å². The number of rotatable bonds is 19. The van der Waals surface area contributed by atoms with Gasteiger partial charge in [0, 0.05) is 56.4 Å². The number of oxazole rings is 1. The van der Waals surface area contributed by atoms with Gasteiger partial charge in [-0.25, -0.2) is 14.6 Å². The summed E-state index contributed by atoms with van der Waals surface area (Å²) >= 11 is 1.52. The number of fused-ring (bicyclic) bond motifs is 2. The summed E-state index contributed by atoms with van der Waals surface area (Å²) in [7, 11) is 1.56. The molecule has 2 aliphatic heterocycles. The van der Waals surface area contributed by atoms with Crippen LogP contribution in [0, 0.1) is 12.8 Å². The molecule has 1 unspecified atom stereocenters. The summed E-state index contributed by atoms with van der Waals surface area (Å²) in [5.74, 6) is 0.773. The third-order valence-corrected chi connectivity index (χ3v) is 13.1. The number of carbonyl (C=O) groups excluding carboxylic acids is 3. The van der Waals surface area contributed by atoms with Crippen LogP contribution in [0.2, 0.25) is 0 Å². The molecule has 70 heavy (non-hydrogen) atoms. The zero-order valence-electron chi connectivity index (χ0n) is 39.1. The zero-order valence-corrected chi connectivity index (χ0v) is 39.9. The van der Waals surface area contributed by atoms with Gasteiger partial charge in [0.1, 0.15) is 60.4 Å². The molecule has 19 heteroatoms. The van der Waals surface area contributed by atoms with E-state index in [-0.39, 0.29) is 69.2 Å². The Hall–Kier alpha value is -7.48. The lowest BCUT2D eigenvalue weighted by atomic mass is 10.0. The highest BCUT2D eigenvalue weighted by Gasteiger charge is 2.46. The largest absolute Gasteiger partial charge is 0.491 e. The summed E-state index contributed by atoms with van der Waals surface area (Å²) in [6, 6.07) is 23.3. The smallest absolute Gasteiger partial charge is 0.266 e. The summed E-state index contributed by atoms with van der Waals surface area (Å²) in [4.78, 5) is 70.7. The Balaban J connectivity index is 0.750. The Morgan fingerprint density at radius 3 is 2.50 bits per heavy atom. The molecule has 3 atom stereocenters. The van der Waals surface area contributed by atoms with E-state index in [2.05, 4.69) is 25.4 Å². The molecule has 0 aliphatic carbocycles. The molecule has 362 valence electrons. The van der Waals surface area contributed by atoms with Crippen molar-refractivity contribution < 1.29 is 42.9 Å². The number of amides is 3. The topological polar surface area (TPSA) is 214 Å². The number of benzene rings is 3. The van der Waals surface area contributed by atoms with Crippen molar-refractivity contribution in [3.05, 3.63) is 135 Å². The Bertz CT molecular complexity index is 3080.